The molecule has 0 amide bonds. The molecule has 0 radical (unpaired) electrons. The summed E-state index contributed by atoms with van der Waals surface area (Å²) in [5.41, 5.74) is 2.78. The summed E-state index contributed by atoms with van der Waals surface area (Å²) in [6, 6.07) is 0. The maximum absolute atomic E-state index is 4.39. The van der Waals surface area contributed by atoms with Gasteiger partial charge in [0.05, 0.1) is 0 Å². The van der Waals surface area contributed by atoms with Crippen molar-refractivity contribution in [2.45, 2.75) is 53.4 Å². The van der Waals surface area contributed by atoms with Gasteiger partial charge in [0.25, 0.3) is 0 Å². The average molecular weight is 218 g/mol. The van der Waals surface area contributed by atoms with Crippen LogP contribution in [0.25, 0.3) is 0 Å². The summed E-state index contributed by atoms with van der Waals surface area (Å²) in [6.45, 7) is 14.4. The summed E-state index contributed by atoms with van der Waals surface area (Å²) < 4.78 is 0. The van der Waals surface area contributed by atoms with Gasteiger partial charge >= 0.3 is 0 Å². The van der Waals surface area contributed by atoms with Gasteiger partial charge in [-0.3, -0.25) is 0 Å². The quantitative estimate of drug-likeness (QED) is 0.519. The highest BCUT2D eigenvalue weighted by molar-refractivity contribution is 5.21. The lowest BCUT2D eigenvalue weighted by Gasteiger charge is -2.32. The van der Waals surface area contributed by atoms with Gasteiger partial charge in [-0.25, -0.2) is 0 Å². The molecule has 90 valence electrons. The van der Waals surface area contributed by atoms with E-state index >= 15 is 0 Å². The third kappa shape index (κ3) is 1.22. The molecule has 4 unspecified atom stereocenters. The molecule has 0 nitrogen and oxygen atoms in total. The van der Waals surface area contributed by atoms with E-state index in [0.29, 0.717) is 10.8 Å². The number of fused-ring (bicyclic) bond motifs is 3. The van der Waals surface area contributed by atoms with Crippen LogP contribution in [0.2, 0.25) is 0 Å². The number of allylic oxidation sites excluding steroid dienone is 1. The van der Waals surface area contributed by atoms with Crippen molar-refractivity contribution in [2.75, 3.05) is 0 Å². The van der Waals surface area contributed by atoms with E-state index in [1.165, 1.54) is 25.7 Å². The fraction of sp³-hybridized carbons (Fsp3) is 0.875. The van der Waals surface area contributed by atoms with Crippen molar-refractivity contribution in [1.29, 1.82) is 0 Å². The van der Waals surface area contributed by atoms with Gasteiger partial charge in [0, 0.05) is 0 Å². The van der Waals surface area contributed by atoms with Crippen LogP contribution < -0.4 is 0 Å². The lowest BCUT2D eigenvalue weighted by Crippen LogP contribution is -2.26. The largest absolute Gasteiger partial charge is 0.0996 e. The van der Waals surface area contributed by atoms with Crippen molar-refractivity contribution in [3.05, 3.63) is 12.2 Å². The molecule has 0 bridgehead atoms. The molecule has 0 N–H and O–H groups in total. The molecule has 3 fully saturated rings. The van der Waals surface area contributed by atoms with Crippen molar-refractivity contribution < 1.29 is 0 Å². The molecule has 0 spiro atoms. The second kappa shape index (κ2) is 2.94. The first-order valence-electron chi connectivity index (χ1n) is 7.03. The molecule has 0 aromatic rings. The third-order valence-electron chi connectivity index (χ3n) is 6.26. The van der Waals surface area contributed by atoms with Crippen LogP contribution in [0.4, 0.5) is 0 Å². The van der Waals surface area contributed by atoms with E-state index in [9.17, 15) is 0 Å². The zero-order chi connectivity index (χ0) is 11.7. The third-order valence-corrected chi connectivity index (χ3v) is 6.26. The summed E-state index contributed by atoms with van der Waals surface area (Å²) in [7, 11) is 0. The molecule has 0 aromatic heterocycles. The second-order valence-corrected chi connectivity index (χ2v) is 7.81. The van der Waals surface area contributed by atoms with Gasteiger partial charge in [-0.05, 0) is 60.2 Å². The van der Waals surface area contributed by atoms with Crippen LogP contribution in [0.5, 0.6) is 0 Å². The zero-order valence-corrected chi connectivity index (χ0v) is 11.3. The standard InChI is InChI=1S/C16H26/c1-10-6-7-12-14(16(12,4)5)13-11(10)8-9-15(13,2)3/h11-14H,1,6-9H2,2-5H3. The Bertz CT molecular complexity index is 334. The van der Waals surface area contributed by atoms with Crippen molar-refractivity contribution in [2.24, 2.45) is 34.5 Å². The lowest BCUT2D eigenvalue weighted by molar-refractivity contribution is 0.182. The van der Waals surface area contributed by atoms with Gasteiger partial charge in [-0.15, -0.1) is 0 Å². The van der Waals surface area contributed by atoms with Crippen molar-refractivity contribution in [3.8, 4) is 0 Å². The van der Waals surface area contributed by atoms with Crippen molar-refractivity contribution in [1.82, 2.24) is 0 Å². The minimum atomic E-state index is 0.564. The fourth-order valence-corrected chi connectivity index (χ4v) is 5.19. The van der Waals surface area contributed by atoms with Gasteiger partial charge in [0.1, 0.15) is 0 Å². The highest BCUT2D eigenvalue weighted by atomic mass is 14.7. The second-order valence-electron chi connectivity index (χ2n) is 7.81. The summed E-state index contributed by atoms with van der Waals surface area (Å²) in [6.07, 6.45) is 5.55. The predicted molar refractivity (Wildman–Crippen MR) is 69.1 cm³/mol. The summed E-state index contributed by atoms with van der Waals surface area (Å²) in [5.74, 6) is 3.78. The first kappa shape index (κ1) is 10.9. The topological polar surface area (TPSA) is 0 Å². The molecule has 0 saturated heterocycles. The molecule has 3 aliphatic rings. The van der Waals surface area contributed by atoms with E-state index in [0.717, 1.165) is 23.7 Å². The molecule has 3 aliphatic carbocycles. The lowest BCUT2D eigenvalue weighted by atomic mass is 9.72. The van der Waals surface area contributed by atoms with E-state index in [2.05, 4.69) is 34.3 Å². The van der Waals surface area contributed by atoms with E-state index < -0.39 is 0 Å². The monoisotopic (exact) mass is 218 g/mol. The summed E-state index contributed by atoms with van der Waals surface area (Å²) in [4.78, 5) is 0. The SMILES string of the molecule is C=C1CCC2C(C3C1CCC3(C)C)C2(C)C. The number of hydrogen-bond donors (Lipinski definition) is 0. The molecule has 0 heterocycles. The minimum absolute atomic E-state index is 0.564. The van der Waals surface area contributed by atoms with E-state index in [-0.39, 0.29) is 0 Å². The molecule has 3 saturated carbocycles. The Balaban J connectivity index is 1.98. The number of rotatable bonds is 0. The minimum Gasteiger partial charge on any atom is -0.0996 e. The van der Waals surface area contributed by atoms with Crippen molar-refractivity contribution in [3.63, 3.8) is 0 Å². The van der Waals surface area contributed by atoms with E-state index in [1.807, 2.05) is 0 Å². The van der Waals surface area contributed by atoms with Gasteiger partial charge in [0.2, 0.25) is 0 Å². The summed E-state index contributed by atoms with van der Waals surface area (Å²) in [5, 5.41) is 0. The molecular formula is C16H26. The molecule has 3 rings (SSSR count). The van der Waals surface area contributed by atoms with Crippen LogP contribution in [0.15, 0.2) is 12.2 Å². The highest BCUT2D eigenvalue weighted by Gasteiger charge is 2.66. The maximum Gasteiger partial charge on any atom is -0.0169 e. The zero-order valence-electron chi connectivity index (χ0n) is 11.3. The van der Waals surface area contributed by atoms with E-state index in [1.54, 1.807) is 5.57 Å². The molecule has 0 aliphatic heterocycles. The Morgan fingerprint density at radius 2 is 1.75 bits per heavy atom. The maximum atomic E-state index is 4.39. The van der Waals surface area contributed by atoms with Crippen LogP contribution in [0.1, 0.15) is 53.4 Å². The normalized spacial score (nSPS) is 48.1. The van der Waals surface area contributed by atoms with Crippen LogP contribution in [0.3, 0.4) is 0 Å². The first-order chi connectivity index (χ1) is 7.36. The van der Waals surface area contributed by atoms with Gasteiger partial charge in [-0.1, -0.05) is 39.8 Å². The average Bonchev–Trinajstić information content (AvgIpc) is 2.61. The predicted octanol–water partition coefficient (Wildman–Crippen LogP) is 4.66. The Labute approximate surface area is 101 Å². The molecule has 16 heavy (non-hydrogen) atoms. The molecular weight excluding hydrogens is 192 g/mol. The fourth-order valence-electron chi connectivity index (χ4n) is 5.19. The Morgan fingerprint density at radius 3 is 2.44 bits per heavy atom. The Hall–Kier alpha value is -0.260. The van der Waals surface area contributed by atoms with Gasteiger partial charge in [0.15, 0.2) is 0 Å². The molecule has 4 atom stereocenters. The number of hydrogen-bond acceptors (Lipinski definition) is 0. The van der Waals surface area contributed by atoms with Crippen LogP contribution in [0, 0.1) is 34.5 Å². The Morgan fingerprint density at radius 1 is 1.06 bits per heavy atom. The van der Waals surface area contributed by atoms with Gasteiger partial charge in [-0.2, -0.15) is 0 Å². The first-order valence-corrected chi connectivity index (χ1v) is 7.03. The van der Waals surface area contributed by atoms with Crippen molar-refractivity contribution >= 4 is 0 Å². The van der Waals surface area contributed by atoms with Gasteiger partial charge < -0.3 is 0 Å². The Kier molecular flexibility index (Phi) is 2.00. The highest BCUT2D eigenvalue weighted by Crippen LogP contribution is 2.72. The van der Waals surface area contributed by atoms with Crippen LogP contribution in [-0.4, -0.2) is 0 Å². The molecule has 0 aromatic carbocycles. The molecule has 0 heteroatoms. The van der Waals surface area contributed by atoms with E-state index in [4.69, 9.17) is 0 Å². The summed E-state index contributed by atoms with van der Waals surface area (Å²) >= 11 is 0. The van der Waals surface area contributed by atoms with Crippen LogP contribution >= 0.6 is 0 Å². The van der Waals surface area contributed by atoms with Crippen LogP contribution in [-0.2, 0) is 0 Å². The smallest absolute Gasteiger partial charge is 0.0169 e.